The number of benzene rings is 1. The lowest BCUT2D eigenvalue weighted by molar-refractivity contribution is -0.142. The number of rotatable bonds is 7. The van der Waals surface area contributed by atoms with Gasteiger partial charge in [0.25, 0.3) is 0 Å². The number of likely N-dealkylation sites (tertiary alicyclic amines) is 1. The number of ether oxygens (including phenoxy) is 2. The van der Waals surface area contributed by atoms with Gasteiger partial charge in [-0.1, -0.05) is 24.4 Å². The number of piperidine rings is 1. The number of halogens is 1. The first kappa shape index (κ1) is 24.3. The monoisotopic (exact) mass is 477 g/mol. The van der Waals surface area contributed by atoms with Gasteiger partial charge in [-0.3, -0.25) is 14.5 Å². The lowest BCUT2D eigenvalue weighted by atomic mass is 9.90. The van der Waals surface area contributed by atoms with Crippen molar-refractivity contribution in [2.24, 2.45) is 5.92 Å². The molecule has 4 rings (SSSR count). The van der Waals surface area contributed by atoms with Gasteiger partial charge in [0.15, 0.2) is 0 Å². The average Bonchev–Trinajstić information content (AvgIpc) is 3.37. The number of carbonyl (C=O) groups is 2. The first-order valence-corrected chi connectivity index (χ1v) is 12.6. The highest BCUT2D eigenvalue weighted by Crippen LogP contribution is 2.28. The number of likely N-dealkylation sites (N-methyl/N-ethyl adjacent to an activating group) is 1. The summed E-state index contributed by atoms with van der Waals surface area (Å²) in [5, 5.41) is 0.660. The fraction of sp³-hybridized carbons (Fsp3) is 0.680. The highest BCUT2D eigenvalue weighted by molar-refractivity contribution is 6.30. The van der Waals surface area contributed by atoms with Gasteiger partial charge in [0, 0.05) is 56.0 Å². The molecule has 1 aliphatic carbocycles. The van der Waals surface area contributed by atoms with E-state index < -0.39 is 0 Å². The van der Waals surface area contributed by atoms with E-state index in [0.29, 0.717) is 69.8 Å². The van der Waals surface area contributed by atoms with Gasteiger partial charge in [-0.2, -0.15) is 0 Å². The maximum Gasteiger partial charge on any atom is 0.236 e. The Morgan fingerprint density at radius 1 is 1.03 bits per heavy atom. The van der Waals surface area contributed by atoms with E-state index in [9.17, 15) is 9.59 Å². The number of nitrogens with zero attached hydrogens (tertiary/aromatic N) is 3. The van der Waals surface area contributed by atoms with E-state index in [4.69, 9.17) is 21.1 Å². The second-order valence-electron chi connectivity index (χ2n) is 9.55. The van der Waals surface area contributed by atoms with E-state index in [2.05, 4.69) is 11.9 Å². The number of amides is 2. The molecule has 7 nitrogen and oxygen atoms in total. The molecule has 182 valence electrons. The fourth-order valence-electron chi connectivity index (χ4n) is 5.23. The highest BCUT2D eigenvalue weighted by Gasteiger charge is 2.36. The smallest absolute Gasteiger partial charge is 0.236 e. The van der Waals surface area contributed by atoms with E-state index in [1.807, 2.05) is 34.1 Å². The topological polar surface area (TPSA) is 62.3 Å². The maximum absolute atomic E-state index is 13.1. The van der Waals surface area contributed by atoms with Crippen molar-refractivity contribution in [3.05, 3.63) is 29.3 Å². The molecule has 0 aromatic heterocycles. The molecule has 2 aliphatic heterocycles. The summed E-state index contributed by atoms with van der Waals surface area (Å²) < 4.78 is 11.7. The van der Waals surface area contributed by atoms with Crippen LogP contribution < -0.4 is 4.74 Å². The van der Waals surface area contributed by atoms with Gasteiger partial charge in [-0.05, 0) is 44.2 Å². The van der Waals surface area contributed by atoms with Crippen molar-refractivity contribution in [2.75, 3.05) is 53.0 Å². The molecule has 33 heavy (non-hydrogen) atoms. The van der Waals surface area contributed by atoms with Crippen molar-refractivity contribution in [3.8, 4) is 5.75 Å². The Morgan fingerprint density at radius 2 is 1.73 bits per heavy atom. The zero-order chi connectivity index (χ0) is 23.2. The van der Waals surface area contributed by atoms with Gasteiger partial charge < -0.3 is 19.3 Å². The average molecular weight is 478 g/mol. The van der Waals surface area contributed by atoms with Gasteiger partial charge in [0.2, 0.25) is 11.8 Å². The van der Waals surface area contributed by atoms with Crippen molar-refractivity contribution in [1.82, 2.24) is 14.7 Å². The molecule has 0 bridgehead atoms. The minimum atomic E-state index is -0.118. The predicted octanol–water partition coefficient (Wildman–Crippen LogP) is 3.06. The fourth-order valence-corrected chi connectivity index (χ4v) is 5.36. The molecule has 3 fully saturated rings. The van der Waals surface area contributed by atoms with Crippen LogP contribution in [0.25, 0.3) is 0 Å². The van der Waals surface area contributed by atoms with Crippen LogP contribution in [-0.2, 0) is 14.3 Å². The van der Waals surface area contributed by atoms with E-state index in [0.717, 1.165) is 5.75 Å². The van der Waals surface area contributed by atoms with Crippen molar-refractivity contribution >= 4 is 23.4 Å². The van der Waals surface area contributed by atoms with Gasteiger partial charge >= 0.3 is 0 Å². The molecule has 1 aromatic carbocycles. The van der Waals surface area contributed by atoms with E-state index in [-0.39, 0.29) is 23.8 Å². The largest absolute Gasteiger partial charge is 0.490 e. The summed E-state index contributed by atoms with van der Waals surface area (Å²) in [5.74, 6) is 0.961. The minimum Gasteiger partial charge on any atom is -0.490 e. The van der Waals surface area contributed by atoms with Crippen molar-refractivity contribution < 1.29 is 19.1 Å². The Bertz CT molecular complexity index is 793. The SMILES string of the molecule is CN(CC(=O)N1CC[C@H](Oc2ccc(Cl)cc2)[C@@H](CC(=O)N2CCOCC2)C1)C1CCCC1. The van der Waals surface area contributed by atoms with Crippen LogP contribution in [0.2, 0.25) is 5.02 Å². The summed E-state index contributed by atoms with van der Waals surface area (Å²) >= 11 is 6.02. The normalized spacial score (nSPS) is 24.3. The number of morpholine rings is 1. The van der Waals surface area contributed by atoms with Gasteiger partial charge in [0.05, 0.1) is 19.8 Å². The molecule has 2 amide bonds. The van der Waals surface area contributed by atoms with Crippen LogP contribution in [-0.4, -0.2) is 91.6 Å². The van der Waals surface area contributed by atoms with Gasteiger partial charge in [-0.25, -0.2) is 0 Å². The van der Waals surface area contributed by atoms with Gasteiger partial charge in [-0.15, -0.1) is 0 Å². The third-order valence-electron chi connectivity index (χ3n) is 7.25. The molecular formula is C25H36ClN3O4. The predicted molar refractivity (Wildman–Crippen MR) is 127 cm³/mol. The molecule has 1 saturated carbocycles. The molecule has 2 saturated heterocycles. The van der Waals surface area contributed by atoms with E-state index in [1.54, 1.807) is 0 Å². The zero-order valence-corrected chi connectivity index (χ0v) is 20.3. The molecule has 3 aliphatic rings. The Balaban J connectivity index is 1.40. The molecule has 0 radical (unpaired) electrons. The number of carbonyl (C=O) groups excluding carboxylic acids is 2. The Kier molecular flexibility index (Phi) is 8.50. The quantitative estimate of drug-likeness (QED) is 0.604. The summed E-state index contributed by atoms with van der Waals surface area (Å²) in [4.78, 5) is 32.2. The van der Waals surface area contributed by atoms with Crippen LogP contribution in [0.15, 0.2) is 24.3 Å². The molecule has 8 heteroatoms. The van der Waals surface area contributed by atoms with Crippen molar-refractivity contribution in [2.45, 2.75) is 50.7 Å². The van der Waals surface area contributed by atoms with Crippen LogP contribution in [0.4, 0.5) is 0 Å². The molecule has 1 aromatic rings. The number of hydrogen-bond donors (Lipinski definition) is 0. The third-order valence-corrected chi connectivity index (χ3v) is 7.50. The molecule has 2 atom stereocenters. The molecule has 0 unspecified atom stereocenters. The van der Waals surface area contributed by atoms with Crippen LogP contribution in [0, 0.1) is 5.92 Å². The van der Waals surface area contributed by atoms with Crippen molar-refractivity contribution in [1.29, 1.82) is 0 Å². The number of hydrogen-bond acceptors (Lipinski definition) is 5. The lowest BCUT2D eigenvalue weighted by Crippen LogP contribution is -2.52. The minimum absolute atomic E-state index is 0.0505. The third kappa shape index (κ3) is 6.61. The first-order valence-electron chi connectivity index (χ1n) is 12.3. The lowest BCUT2D eigenvalue weighted by Gasteiger charge is -2.40. The summed E-state index contributed by atoms with van der Waals surface area (Å²) in [6.45, 7) is 4.06. The summed E-state index contributed by atoms with van der Waals surface area (Å²) in [7, 11) is 2.06. The highest BCUT2D eigenvalue weighted by atomic mass is 35.5. The Labute approximate surface area is 201 Å². The second-order valence-corrected chi connectivity index (χ2v) is 9.99. The molecule has 2 heterocycles. The van der Waals surface area contributed by atoms with E-state index in [1.165, 1.54) is 25.7 Å². The van der Waals surface area contributed by atoms with Crippen LogP contribution >= 0.6 is 11.6 Å². The molecule has 0 N–H and O–H groups in total. The van der Waals surface area contributed by atoms with E-state index >= 15 is 0 Å². The first-order chi connectivity index (χ1) is 16.0. The summed E-state index contributed by atoms with van der Waals surface area (Å²) in [6, 6.07) is 7.84. The molecule has 0 spiro atoms. The Hall–Kier alpha value is -1.83. The maximum atomic E-state index is 13.1. The second kappa shape index (κ2) is 11.5. The zero-order valence-electron chi connectivity index (χ0n) is 19.6. The molecular weight excluding hydrogens is 442 g/mol. The van der Waals surface area contributed by atoms with Crippen molar-refractivity contribution in [3.63, 3.8) is 0 Å². The van der Waals surface area contributed by atoms with Crippen LogP contribution in [0.3, 0.4) is 0 Å². The summed E-state index contributed by atoms with van der Waals surface area (Å²) in [6.07, 6.45) is 5.83. The Morgan fingerprint density at radius 3 is 2.42 bits per heavy atom. The standard InChI is InChI=1S/C25H36ClN3O4/c1-27(21-4-2-3-5-21)18-25(31)29-11-10-23(33-22-8-6-20(26)7-9-22)19(17-29)16-24(30)28-12-14-32-15-13-28/h6-9,19,21,23H,2-5,10-18H2,1H3/t19-,23-/m0/s1. The van der Waals surface area contributed by atoms with Crippen LogP contribution in [0.1, 0.15) is 38.5 Å². The summed E-state index contributed by atoms with van der Waals surface area (Å²) in [5.41, 5.74) is 0. The van der Waals surface area contributed by atoms with Crippen LogP contribution in [0.5, 0.6) is 5.75 Å². The van der Waals surface area contributed by atoms with Gasteiger partial charge in [0.1, 0.15) is 11.9 Å².